The Morgan fingerprint density at radius 3 is 2.15 bits per heavy atom. The summed E-state index contributed by atoms with van der Waals surface area (Å²) in [7, 11) is 0. The summed E-state index contributed by atoms with van der Waals surface area (Å²) in [6.07, 6.45) is 0. The van der Waals surface area contributed by atoms with Gasteiger partial charge in [0.1, 0.15) is 10.4 Å². The van der Waals surface area contributed by atoms with Crippen molar-refractivity contribution < 1.29 is 0 Å². The molecule has 0 saturated heterocycles. The lowest BCUT2D eigenvalue weighted by molar-refractivity contribution is 0.606. The number of aryl methyl sites for hydroxylation is 1. The third-order valence-corrected chi connectivity index (χ3v) is 4.42. The lowest BCUT2D eigenvalue weighted by Crippen LogP contribution is -2.39. The van der Waals surface area contributed by atoms with Crippen LogP contribution in [0.1, 0.15) is 27.7 Å². The number of fused-ring (bicyclic) bond motifs is 1. The Morgan fingerprint density at radius 1 is 1.05 bits per heavy atom. The molecular formula is C13H20N4O2S. The molecule has 0 radical (unpaired) electrons. The van der Waals surface area contributed by atoms with E-state index in [1.807, 2.05) is 27.7 Å². The fourth-order valence-corrected chi connectivity index (χ4v) is 3.40. The van der Waals surface area contributed by atoms with Crippen LogP contribution in [0.3, 0.4) is 0 Å². The van der Waals surface area contributed by atoms with E-state index in [4.69, 9.17) is 0 Å². The van der Waals surface area contributed by atoms with Crippen LogP contribution in [-0.4, -0.2) is 26.6 Å². The SMILES string of the molecule is CCN(CC)c1snc2c1c(=O)n(CC)c(=O)n2CC. The van der Waals surface area contributed by atoms with E-state index >= 15 is 0 Å². The highest BCUT2D eigenvalue weighted by atomic mass is 32.1. The highest BCUT2D eigenvalue weighted by Gasteiger charge is 2.20. The van der Waals surface area contributed by atoms with Gasteiger partial charge in [-0.2, -0.15) is 4.37 Å². The molecule has 0 N–H and O–H groups in total. The summed E-state index contributed by atoms with van der Waals surface area (Å²) in [6, 6.07) is 0. The van der Waals surface area contributed by atoms with E-state index in [1.54, 1.807) is 4.57 Å². The van der Waals surface area contributed by atoms with Crippen molar-refractivity contribution in [2.45, 2.75) is 40.8 Å². The molecule has 0 amide bonds. The van der Waals surface area contributed by atoms with Crippen LogP contribution in [0.5, 0.6) is 0 Å². The van der Waals surface area contributed by atoms with E-state index in [0.717, 1.165) is 18.1 Å². The number of hydrogen-bond donors (Lipinski definition) is 0. The monoisotopic (exact) mass is 296 g/mol. The van der Waals surface area contributed by atoms with Gasteiger partial charge in [0.2, 0.25) is 0 Å². The maximum atomic E-state index is 12.6. The van der Waals surface area contributed by atoms with Crippen LogP contribution in [0.4, 0.5) is 5.00 Å². The van der Waals surface area contributed by atoms with Crippen LogP contribution < -0.4 is 16.1 Å². The minimum Gasteiger partial charge on any atom is -0.362 e. The number of nitrogens with zero attached hydrogens (tertiary/aromatic N) is 4. The molecular weight excluding hydrogens is 276 g/mol. The normalized spacial score (nSPS) is 11.2. The molecule has 0 aliphatic carbocycles. The number of rotatable bonds is 5. The lowest BCUT2D eigenvalue weighted by Gasteiger charge is -2.18. The second-order valence-electron chi connectivity index (χ2n) is 4.43. The molecule has 2 heterocycles. The second kappa shape index (κ2) is 5.78. The Morgan fingerprint density at radius 2 is 1.65 bits per heavy atom. The third kappa shape index (κ3) is 2.06. The van der Waals surface area contributed by atoms with Gasteiger partial charge in [0, 0.05) is 26.2 Å². The first kappa shape index (κ1) is 14.8. The maximum Gasteiger partial charge on any atom is 0.332 e. The first-order chi connectivity index (χ1) is 9.60. The summed E-state index contributed by atoms with van der Waals surface area (Å²) >= 11 is 1.29. The predicted octanol–water partition coefficient (Wildman–Crippen LogP) is 1.51. The van der Waals surface area contributed by atoms with E-state index in [0.29, 0.717) is 24.1 Å². The number of hydrogen-bond acceptors (Lipinski definition) is 5. The Balaban J connectivity index is 2.91. The predicted molar refractivity (Wildman–Crippen MR) is 83.0 cm³/mol. The van der Waals surface area contributed by atoms with E-state index in [2.05, 4.69) is 9.27 Å². The maximum absolute atomic E-state index is 12.6. The van der Waals surface area contributed by atoms with Crippen molar-refractivity contribution >= 4 is 27.6 Å². The lowest BCUT2D eigenvalue weighted by atomic mass is 10.3. The van der Waals surface area contributed by atoms with Gasteiger partial charge in [0.25, 0.3) is 5.56 Å². The highest BCUT2D eigenvalue weighted by Crippen LogP contribution is 2.27. The van der Waals surface area contributed by atoms with Crippen LogP contribution in [0, 0.1) is 0 Å². The molecule has 110 valence electrons. The summed E-state index contributed by atoms with van der Waals surface area (Å²) in [5.74, 6) is 0. The molecule has 2 rings (SSSR count). The zero-order chi connectivity index (χ0) is 14.9. The van der Waals surface area contributed by atoms with E-state index in [9.17, 15) is 9.59 Å². The van der Waals surface area contributed by atoms with Gasteiger partial charge < -0.3 is 4.90 Å². The first-order valence-corrected chi connectivity index (χ1v) is 7.75. The van der Waals surface area contributed by atoms with Crippen LogP contribution >= 0.6 is 11.5 Å². The summed E-state index contributed by atoms with van der Waals surface area (Å²) in [4.78, 5) is 26.9. The zero-order valence-electron chi connectivity index (χ0n) is 12.3. The average molecular weight is 296 g/mol. The van der Waals surface area contributed by atoms with Crippen molar-refractivity contribution in [1.82, 2.24) is 13.5 Å². The second-order valence-corrected chi connectivity index (χ2v) is 5.19. The topological polar surface area (TPSA) is 60.1 Å². The van der Waals surface area contributed by atoms with Crippen molar-refractivity contribution in [1.29, 1.82) is 0 Å². The standard InChI is InChI=1S/C13H20N4O2S/c1-5-15(6-2)12-9-10(14-20-12)16(7-3)13(19)17(8-4)11(9)18/h5-8H2,1-4H3. The molecule has 6 nitrogen and oxygen atoms in total. The van der Waals surface area contributed by atoms with Gasteiger partial charge in [0.05, 0.1) is 0 Å². The van der Waals surface area contributed by atoms with Crippen LogP contribution in [-0.2, 0) is 13.1 Å². The summed E-state index contributed by atoms with van der Waals surface area (Å²) < 4.78 is 7.21. The van der Waals surface area contributed by atoms with Crippen molar-refractivity contribution in [3.05, 3.63) is 20.8 Å². The molecule has 0 atom stereocenters. The van der Waals surface area contributed by atoms with Gasteiger partial charge in [-0.25, -0.2) is 4.79 Å². The molecule has 0 aliphatic rings. The van der Waals surface area contributed by atoms with E-state index < -0.39 is 0 Å². The van der Waals surface area contributed by atoms with Crippen molar-refractivity contribution in [3.63, 3.8) is 0 Å². The molecule has 2 aromatic rings. The fourth-order valence-electron chi connectivity index (χ4n) is 2.39. The number of anilines is 1. The molecule has 0 aliphatic heterocycles. The molecule has 0 fully saturated rings. The zero-order valence-corrected chi connectivity index (χ0v) is 13.2. The van der Waals surface area contributed by atoms with Gasteiger partial charge in [-0.15, -0.1) is 0 Å². The van der Waals surface area contributed by atoms with E-state index in [-0.39, 0.29) is 11.2 Å². The molecule has 0 spiro atoms. The first-order valence-electron chi connectivity index (χ1n) is 6.98. The van der Waals surface area contributed by atoms with Crippen LogP contribution in [0.25, 0.3) is 11.0 Å². The minimum atomic E-state index is -0.274. The summed E-state index contributed by atoms with van der Waals surface area (Å²) in [5, 5.41) is 1.43. The summed E-state index contributed by atoms with van der Waals surface area (Å²) in [6.45, 7) is 10.3. The summed E-state index contributed by atoms with van der Waals surface area (Å²) in [5.41, 5.74) is 0.0100. The largest absolute Gasteiger partial charge is 0.362 e. The van der Waals surface area contributed by atoms with Crippen LogP contribution in [0.15, 0.2) is 9.59 Å². The third-order valence-electron chi connectivity index (χ3n) is 3.52. The minimum absolute atomic E-state index is 0.229. The quantitative estimate of drug-likeness (QED) is 0.839. The molecule has 0 saturated carbocycles. The van der Waals surface area contributed by atoms with Gasteiger partial charge in [0.15, 0.2) is 5.65 Å². The molecule has 20 heavy (non-hydrogen) atoms. The Kier molecular flexibility index (Phi) is 4.27. The molecule has 0 unspecified atom stereocenters. The average Bonchev–Trinajstić information content (AvgIpc) is 2.86. The smallest absolute Gasteiger partial charge is 0.332 e. The van der Waals surface area contributed by atoms with Crippen molar-refractivity contribution in [2.24, 2.45) is 0 Å². The molecule has 0 bridgehead atoms. The molecule has 0 aromatic carbocycles. The Labute approximate surface area is 121 Å². The molecule has 7 heteroatoms. The van der Waals surface area contributed by atoms with Gasteiger partial charge >= 0.3 is 5.69 Å². The number of aromatic nitrogens is 3. The van der Waals surface area contributed by atoms with Gasteiger partial charge in [-0.05, 0) is 39.2 Å². The Hall–Kier alpha value is -1.63. The van der Waals surface area contributed by atoms with Crippen molar-refractivity contribution in [3.8, 4) is 0 Å². The molecule has 2 aromatic heterocycles. The van der Waals surface area contributed by atoms with Gasteiger partial charge in [-0.1, -0.05) is 0 Å². The van der Waals surface area contributed by atoms with Gasteiger partial charge in [-0.3, -0.25) is 13.9 Å². The van der Waals surface area contributed by atoms with Crippen LogP contribution in [0.2, 0.25) is 0 Å². The highest BCUT2D eigenvalue weighted by molar-refractivity contribution is 7.11. The van der Waals surface area contributed by atoms with Crippen molar-refractivity contribution in [2.75, 3.05) is 18.0 Å². The fraction of sp³-hybridized carbons (Fsp3) is 0.615. The van der Waals surface area contributed by atoms with E-state index in [1.165, 1.54) is 16.1 Å². The Bertz CT molecular complexity index is 724.